The van der Waals surface area contributed by atoms with Crippen LogP contribution >= 0.6 is 0 Å². The van der Waals surface area contributed by atoms with Crippen molar-refractivity contribution in [1.29, 1.82) is 5.26 Å². The van der Waals surface area contributed by atoms with Crippen LogP contribution < -0.4 is 5.32 Å². The van der Waals surface area contributed by atoms with Crippen LogP contribution in [0.25, 0.3) is 0 Å². The Labute approximate surface area is 147 Å². The number of nitrogens with one attached hydrogen (secondary N) is 1. The van der Waals surface area contributed by atoms with E-state index in [1.54, 1.807) is 0 Å². The fourth-order valence-electron chi connectivity index (χ4n) is 2.55. The van der Waals surface area contributed by atoms with Gasteiger partial charge in [0.05, 0.1) is 25.8 Å². The molecular formula is C14H20F2N2O8. The topological polar surface area (TPSA) is 158 Å². The monoisotopic (exact) mass is 382 g/mol. The normalized spacial score (nSPS) is 33.6. The van der Waals surface area contributed by atoms with Crippen LogP contribution in [-0.4, -0.2) is 90.0 Å². The zero-order valence-corrected chi connectivity index (χ0v) is 14.0. The molecule has 1 saturated heterocycles. The average Bonchev–Trinajstić information content (AvgIpc) is 2.61. The first kappa shape index (κ1) is 22.1. The number of nitrogens with zero attached hydrogens (tertiary/aromatic N) is 1. The van der Waals surface area contributed by atoms with E-state index in [9.17, 15) is 28.6 Å². The summed E-state index contributed by atoms with van der Waals surface area (Å²) in [6.07, 6.45) is -10.6. The number of nitriles is 1. The highest BCUT2D eigenvalue weighted by Crippen LogP contribution is 2.37. The second kappa shape index (κ2) is 9.15. The fraction of sp³-hybridized carbons (Fsp3) is 0.786. The van der Waals surface area contributed by atoms with Crippen molar-refractivity contribution < 1.29 is 47.9 Å². The Morgan fingerprint density at radius 1 is 1.46 bits per heavy atom. The number of halogens is 2. The van der Waals surface area contributed by atoms with Gasteiger partial charge in [0.25, 0.3) is 0 Å². The van der Waals surface area contributed by atoms with Crippen LogP contribution in [-0.2, 0) is 23.8 Å². The minimum atomic E-state index is -3.75. The first-order valence-electron chi connectivity index (χ1n) is 7.45. The first-order chi connectivity index (χ1) is 12.1. The van der Waals surface area contributed by atoms with Gasteiger partial charge in [-0.25, -0.2) is 9.18 Å². The molecule has 1 aliphatic rings. The highest BCUT2D eigenvalue weighted by atomic mass is 19.2. The molecule has 1 rings (SSSR count). The first-order valence-corrected chi connectivity index (χ1v) is 7.45. The van der Waals surface area contributed by atoms with Crippen LogP contribution in [0.4, 0.5) is 8.78 Å². The van der Waals surface area contributed by atoms with Crippen LogP contribution in [0.3, 0.4) is 0 Å². The van der Waals surface area contributed by atoms with Crippen molar-refractivity contribution in [3.05, 3.63) is 0 Å². The van der Waals surface area contributed by atoms with E-state index in [1.807, 2.05) is 0 Å². The molecule has 4 N–H and O–H groups in total. The largest absolute Gasteiger partial charge is 0.465 e. The minimum Gasteiger partial charge on any atom is -0.465 e. The summed E-state index contributed by atoms with van der Waals surface area (Å²) in [5.41, 5.74) is 0. The van der Waals surface area contributed by atoms with Crippen LogP contribution in [0.5, 0.6) is 0 Å². The molecule has 0 unspecified atom stereocenters. The van der Waals surface area contributed by atoms with Crippen molar-refractivity contribution in [3.8, 4) is 6.07 Å². The molecule has 26 heavy (non-hydrogen) atoms. The van der Waals surface area contributed by atoms with E-state index in [0.717, 1.165) is 14.0 Å². The van der Waals surface area contributed by atoms with Crippen LogP contribution in [0.15, 0.2) is 0 Å². The standard InChI is InChI=1S/C14H20F2N2O8/c1-6(20)18-8-10(9(22)7(21)5-19)26-14(16,13(23)24-2)12(15)11(8)25-4-3-17/h7-12,19,21-22H,4-5H2,1-2H3,(H,18,20)/t7-,8+,9-,10-,11-,12+,14+/m1/s1. The van der Waals surface area contributed by atoms with Gasteiger partial charge in [-0.05, 0) is 0 Å². The summed E-state index contributed by atoms with van der Waals surface area (Å²) in [5.74, 6) is -6.28. The maximum Gasteiger partial charge on any atom is 0.375 e. The summed E-state index contributed by atoms with van der Waals surface area (Å²) < 4.78 is 43.4. The van der Waals surface area contributed by atoms with Gasteiger partial charge in [0.2, 0.25) is 5.91 Å². The van der Waals surface area contributed by atoms with E-state index in [2.05, 4.69) is 10.1 Å². The lowest BCUT2D eigenvalue weighted by Gasteiger charge is -2.46. The number of aliphatic hydroxyl groups is 3. The maximum atomic E-state index is 14.9. The van der Waals surface area contributed by atoms with Crippen molar-refractivity contribution in [2.45, 2.75) is 49.4 Å². The number of carbonyl (C=O) groups excluding carboxylic acids is 2. The van der Waals surface area contributed by atoms with Gasteiger partial charge in [0.1, 0.15) is 31.0 Å². The summed E-state index contributed by atoms with van der Waals surface area (Å²) in [4.78, 5) is 23.1. The van der Waals surface area contributed by atoms with E-state index < -0.39 is 67.6 Å². The SMILES string of the molecule is COC(=O)[C@@]1(F)O[C@@H]([C@H](O)[C@H](O)CO)[C@H](NC(C)=O)[C@@H](OCC#N)[C@@H]1F. The maximum absolute atomic E-state index is 14.9. The zero-order chi connectivity index (χ0) is 20.1. The molecule has 0 aromatic carbocycles. The molecule has 0 aromatic heterocycles. The molecule has 0 aliphatic carbocycles. The molecule has 10 nitrogen and oxygen atoms in total. The molecule has 0 aromatic rings. The van der Waals surface area contributed by atoms with E-state index in [4.69, 9.17) is 19.8 Å². The van der Waals surface area contributed by atoms with E-state index in [1.165, 1.54) is 6.07 Å². The lowest BCUT2D eigenvalue weighted by atomic mass is 9.87. The number of carbonyl (C=O) groups is 2. The molecule has 0 radical (unpaired) electrons. The Hall–Kier alpha value is -1.91. The van der Waals surface area contributed by atoms with Gasteiger partial charge in [-0.15, -0.1) is 0 Å². The number of hydrogen-bond donors (Lipinski definition) is 4. The quantitative estimate of drug-likeness (QED) is 0.355. The highest BCUT2D eigenvalue weighted by molar-refractivity contribution is 5.79. The van der Waals surface area contributed by atoms with Gasteiger partial charge in [0, 0.05) is 6.92 Å². The van der Waals surface area contributed by atoms with Crippen molar-refractivity contribution in [2.75, 3.05) is 20.3 Å². The number of esters is 1. The summed E-state index contributed by atoms with van der Waals surface area (Å²) >= 11 is 0. The molecule has 0 bridgehead atoms. The van der Waals surface area contributed by atoms with Gasteiger partial charge in [-0.3, -0.25) is 4.79 Å². The third-order valence-corrected chi connectivity index (χ3v) is 3.75. The van der Waals surface area contributed by atoms with Crippen LogP contribution in [0, 0.1) is 11.3 Å². The Balaban J connectivity index is 3.37. The number of rotatable bonds is 7. The van der Waals surface area contributed by atoms with Gasteiger partial charge in [0.15, 0.2) is 6.17 Å². The lowest BCUT2D eigenvalue weighted by molar-refractivity contribution is -0.298. The minimum absolute atomic E-state index is 0.732. The molecular weight excluding hydrogens is 362 g/mol. The number of methoxy groups -OCH3 is 1. The van der Waals surface area contributed by atoms with Crippen molar-refractivity contribution in [1.82, 2.24) is 5.32 Å². The van der Waals surface area contributed by atoms with Crippen molar-refractivity contribution in [2.24, 2.45) is 0 Å². The third-order valence-electron chi connectivity index (χ3n) is 3.75. The Kier molecular flexibility index (Phi) is 7.79. The lowest BCUT2D eigenvalue weighted by Crippen LogP contribution is -2.71. The number of hydrogen-bond acceptors (Lipinski definition) is 9. The van der Waals surface area contributed by atoms with Gasteiger partial charge >= 0.3 is 11.8 Å². The molecule has 0 spiro atoms. The van der Waals surface area contributed by atoms with Crippen molar-refractivity contribution >= 4 is 11.9 Å². The van der Waals surface area contributed by atoms with E-state index in [-0.39, 0.29) is 0 Å². The third kappa shape index (κ3) is 4.43. The van der Waals surface area contributed by atoms with Gasteiger partial charge < -0.3 is 34.8 Å². The summed E-state index contributed by atoms with van der Waals surface area (Å²) in [6, 6.07) is -0.0716. The predicted octanol–water partition coefficient (Wildman–Crippen LogP) is -2.31. The average molecular weight is 382 g/mol. The van der Waals surface area contributed by atoms with Gasteiger partial charge in [-0.2, -0.15) is 9.65 Å². The van der Waals surface area contributed by atoms with Gasteiger partial charge in [-0.1, -0.05) is 0 Å². The summed E-state index contributed by atoms with van der Waals surface area (Å²) in [6.45, 7) is -0.685. The Morgan fingerprint density at radius 3 is 2.54 bits per heavy atom. The van der Waals surface area contributed by atoms with E-state index >= 15 is 0 Å². The molecule has 12 heteroatoms. The molecule has 1 fully saturated rings. The molecule has 1 aliphatic heterocycles. The Morgan fingerprint density at radius 2 is 2.08 bits per heavy atom. The molecule has 7 atom stereocenters. The van der Waals surface area contributed by atoms with Crippen LogP contribution in [0.1, 0.15) is 6.92 Å². The zero-order valence-electron chi connectivity index (χ0n) is 14.0. The molecule has 0 saturated carbocycles. The van der Waals surface area contributed by atoms with E-state index in [0.29, 0.717) is 0 Å². The van der Waals surface area contributed by atoms with Crippen LogP contribution in [0.2, 0.25) is 0 Å². The Bertz CT molecular complexity index is 560. The molecule has 148 valence electrons. The summed E-state index contributed by atoms with van der Waals surface area (Å²) in [7, 11) is 0.763. The molecule has 1 heterocycles. The fourth-order valence-corrected chi connectivity index (χ4v) is 2.55. The number of alkyl halides is 2. The highest BCUT2D eigenvalue weighted by Gasteiger charge is 2.64. The summed E-state index contributed by atoms with van der Waals surface area (Å²) in [5, 5.41) is 39.4. The smallest absolute Gasteiger partial charge is 0.375 e. The molecule has 1 amide bonds. The predicted molar refractivity (Wildman–Crippen MR) is 77.7 cm³/mol. The van der Waals surface area contributed by atoms with Crippen molar-refractivity contribution in [3.63, 3.8) is 0 Å². The number of aliphatic hydroxyl groups excluding tert-OH is 3. The second-order valence-corrected chi connectivity index (χ2v) is 5.52. The number of ether oxygens (including phenoxy) is 3. The number of amides is 1. The second-order valence-electron chi connectivity index (χ2n) is 5.52.